The fourth-order valence-electron chi connectivity index (χ4n) is 0.982. The average Bonchev–Trinajstić information content (AvgIpc) is 2.16. The lowest BCUT2D eigenvalue weighted by atomic mass is 10.2. The van der Waals surface area contributed by atoms with Crippen LogP contribution in [0.4, 0.5) is 17.6 Å². The summed E-state index contributed by atoms with van der Waals surface area (Å²) in [6.45, 7) is 0. The third kappa shape index (κ3) is 4.29. The summed E-state index contributed by atoms with van der Waals surface area (Å²) in [5.41, 5.74) is 0.00678. The molecule has 0 spiro atoms. The number of hydrogen-bond donors (Lipinski definition) is 0. The molecule has 0 aromatic heterocycles. The summed E-state index contributed by atoms with van der Waals surface area (Å²) in [7, 11) is 0. The van der Waals surface area contributed by atoms with E-state index in [1.165, 1.54) is 24.3 Å². The molecule has 0 saturated heterocycles. The summed E-state index contributed by atoms with van der Waals surface area (Å²) in [5, 5.41) is 0. The number of carbonyl (C=O) groups excluding carboxylic acids is 1. The largest absolute Gasteiger partial charge is 0.427 e. The first-order valence-electron chi connectivity index (χ1n) is 4.35. The van der Waals surface area contributed by atoms with Gasteiger partial charge in [-0.15, -0.1) is 0 Å². The second-order valence-corrected chi connectivity index (χ2v) is 3.00. The smallest absolute Gasteiger partial charge is 0.395 e. The van der Waals surface area contributed by atoms with Gasteiger partial charge in [0.1, 0.15) is 6.42 Å². The van der Waals surface area contributed by atoms with E-state index in [-0.39, 0.29) is 5.56 Å². The van der Waals surface area contributed by atoms with Crippen LogP contribution in [0, 0.1) is 0 Å². The monoisotopic (exact) mass is 236 g/mol. The Labute approximate surface area is 88.8 Å². The Kier molecular flexibility index (Phi) is 3.87. The molecule has 0 amide bonds. The Morgan fingerprint density at radius 1 is 1.25 bits per heavy atom. The maximum Gasteiger partial charge on any atom is 0.395 e. The van der Waals surface area contributed by atoms with Gasteiger partial charge in [0.2, 0.25) is 0 Å². The van der Waals surface area contributed by atoms with Crippen LogP contribution in [0.2, 0.25) is 0 Å². The number of benzene rings is 1. The molecule has 1 rings (SSSR count). The lowest BCUT2D eigenvalue weighted by Crippen LogP contribution is -2.21. The summed E-state index contributed by atoms with van der Waals surface area (Å²) < 4.78 is 51.8. The molecular formula is C10H8F4O2. The van der Waals surface area contributed by atoms with Gasteiger partial charge in [0.25, 0.3) is 6.36 Å². The van der Waals surface area contributed by atoms with Gasteiger partial charge in [-0.1, -0.05) is 18.2 Å². The molecule has 0 aliphatic rings. The highest BCUT2D eigenvalue weighted by Crippen LogP contribution is 2.23. The summed E-state index contributed by atoms with van der Waals surface area (Å²) in [4.78, 5) is 11.1. The fraction of sp³-hybridized carbons (Fsp3) is 0.300. The molecule has 1 atom stereocenters. The van der Waals surface area contributed by atoms with Crippen molar-refractivity contribution >= 4 is 5.97 Å². The normalized spacial score (nSPS) is 13.2. The third-order valence-electron chi connectivity index (χ3n) is 1.64. The summed E-state index contributed by atoms with van der Waals surface area (Å²) >= 11 is 0. The van der Waals surface area contributed by atoms with Crippen molar-refractivity contribution in [2.75, 3.05) is 0 Å². The van der Waals surface area contributed by atoms with Gasteiger partial charge in [-0.25, -0.2) is 9.18 Å². The van der Waals surface area contributed by atoms with Gasteiger partial charge in [-0.2, -0.15) is 13.2 Å². The van der Waals surface area contributed by atoms with E-state index >= 15 is 0 Å². The molecule has 0 bridgehead atoms. The topological polar surface area (TPSA) is 26.3 Å². The lowest BCUT2D eigenvalue weighted by Gasteiger charge is -2.11. The summed E-state index contributed by atoms with van der Waals surface area (Å²) in [6, 6.07) is 7.24. The van der Waals surface area contributed by atoms with Crippen molar-refractivity contribution in [1.29, 1.82) is 0 Å². The maximum absolute atomic E-state index is 12.7. The highest BCUT2D eigenvalue weighted by atomic mass is 19.4. The molecule has 16 heavy (non-hydrogen) atoms. The minimum atomic E-state index is -4.70. The van der Waals surface area contributed by atoms with Crippen LogP contribution in [-0.4, -0.2) is 18.5 Å². The van der Waals surface area contributed by atoms with Crippen molar-refractivity contribution < 1.29 is 27.1 Å². The second kappa shape index (κ2) is 4.96. The van der Waals surface area contributed by atoms with Crippen LogP contribution < -0.4 is 0 Å². The number of carbonyl (C=O) groups is 1. The van der Waals surface area contributed by atoms with Crippen molar-refractivity contribution in [2.45, 2.75) is 19.0 Å². The van der Waals surface area contributed by atoms with Crippen molar-refractivity contribution in [2.24, 2.45) is 0 Å². The lowest BCUT2D eigenvalue weighted by molar-refractivity contribution is -0.171. The number of ether oxygens (including phenoxy) is 1. The van der Waals surface area contributed by atoms with Gasteiger partial charge < -0.3 is 4.74 Å². The van der Waals surface area contributed by atoms with Crippen LogP contribution in [0.3, 0.4) is 0 Å². The molecule has 88 valence electrons. The van der Waals surface area contributed by atoms with Crippen LogP contribution in [0.1, 0.15) is 16.8 Å². The molecule has 6 heteroatoms. The Morgan fingerprint density at radius 3 is 2.31 bits per heavy atom. The third-order valence-corrected chi connectivity index (χ3v) is 1.64. The molecule has 0 heterocycles. The van der Waals surface area contributed by atoms with Crippen molar-refractivity contribution in [3.8, 4) is 0 Å². The highest BCUT2D eigenvalue weighted by Gasteiger charge is 2.34. The first kappa shape index (κ1) is 12.5. The first-order valence-corrected chi connectivity index (χ1v) is 4.35. The quantitative estimate of drug-likeness (QED) is 0.595. The average molecular weight is 236 g/mol. The van der Waals surface area contributed by atoms with E-state index in [1.54, 1.807) is 6.07 Å². The Hall–Kier alpha value is -1.59. The molecule has 0 fully saturated rings. The Morgan fingerprint density at radius 2 is 1.81 bits per heavy atom. The molecule has 0 N–H and O–H groups in total. The zero-order chi connectivity index (χ0) is 12.2. The molecule has 2 nitrogen and oxygen atoms in total. The predicted molar refractivity (Wildman–Crippen MR) is 47.4 cm³/mol. The summed E-state index contributed by atoms with van der Waals surface area (Å²) in [6.07, 6.45) is -9.17. The highest BCUT2D eigenvalue weighted by molar-refractivity contribution is 5.89. The Balaban J connectivity index is 2.53. The van der Waals surface area contributed by atoms with E-state index in [0.717, 1.165) is 0 Å². The van der Waals surface area contributed by atoms with E-state index in [9.17, 15) is 22.4 Å². The number of hydrogen-bond acceptors (Lipinski definition) is 2. The van der Waals surface area contributed by atoms with Crippen LogP contribution in [0.25, 0.3) is 0 Å². The number of alkyl halides is 4. The van der Waals surface area contributed by atoms with Crippen LogP contribution >= 0.6 is 0 Å². The summed E-state index contributed by atoms with van der Waals surface area (Å²) in [5.74, 6) is -1.11. The minimum absolute atomic E-state index is 0.00678. The van der Waals surface area contributed by atoms with E-state index in [2.05, 4.69) is 4.74 Å². The zero-order valence-corrected chi connectivity index (χ0v) is 8.00. The van der Waals surface area contributed by atoms with Crippen molar-refractivity contribution in [3.63, 3.8) is 0 Å². The number of rotatable bonds is 3. The molecule has 0 aliphatic heterocycles. The van der Waals surface area contributed by atoms with Crippen molar-refractivity contribution in [1.82, 2.24) is 0 Å². The van der Waals surface area contributed by atoms with Crippen LogP contribution in [-0.2, 0) is 4.74 Å². The van der Waals surface area contributed by atoms with Gasteiger partial charge in [0, 0.05) is 0 Å². The molecule has 1 aromatic carbocycles. The standard InChI is InChI=1S/C10H8F4O2/c11-8(6-10(12,13)14)16-9(15)7-4-2-1-3-5-7/h1-5,8H,6H2. The van der Waals surface area contributed by atoms with Gasteiger partial charge in [0.05, 0.1) is 5.56 Å². The van der Waals surface area contributed by atoms with Gasteiger partial charge in [-0.3, -0.25) is 0 Å². The van der Waals surface area contributed by atoms with Crippen LogP contribution in [0.5, 0.6) is 0 Å². The SMILES string of the molecule is O=C(OC(F)CC(F)(F)F)c1ccccc1. The second-order valence-electron chi connectivity index (χ2n) is 3.00. The Bertz CT molecular complexity index is 348. The van der Waals surface area contributed by atoms with E-state index in [4.69, 9.17) is 0 Å². The van der Waals surface area contributed by atoms with E-state index in [0.29, 0.717) is 0 Å². The van der Waals surface area contributed by atoms with Crippen molar-refractivity contribution in [3.05, 3.63) is 35.9 Å². The number of esters is 1. The maximum atomic E-state index is 12.7. The van der Waals surface area contributed by atoms with E-state index < -0.39 is 24.9 Å². The first-order chi connectivity index (χ1) is 7.38. The molecule has 1 unspecified atom stereocenters. The molecule has 0 aliphatic carbocycles. The van der Waals surface area contributed by atoms with E-state index in [1.807, 2.05) is 0 Å². The van der Waals surface area contributed by atoms with Crippen LogP contribution in [0.15, 0.2) is 30.3 Å². The molecular weight excluding hydrogens is 228 g/mol. The molecule has 1 aromatic rings. The fourth-order valence-corrected chi connectivity index (χ4v) is 0.982. The minimum Gasteiger partial charge on any atom is -0.427 e. The molecule has 0 saturated carbocycles. The van der Waals surface area contributed by atoms with Gasteiger partial charge >= 0.3 is 12.1 Å². The van der Waals surface area contributed by atoms with Gasteiger partial charge in [-0.05, 0) is 12.1 Å². The predicted octanol–water partition coefficient (Wildman–Crippen LogP) is 3.09. The van der Waals surface area contributed by atoms with Gasteiger partial charge in [0.15, 0.2) is 0 Å². The molecule has 0 radical (unpaired) electrons. The zero-order valence-electron chi connectivity index (χ0n) is 8.00. The number of halogens is 4.